The molecule has 0 bridgehead atoms. The molecule has 0 spiro atoms. The normalized spacial score (nSPS) is 23.8. The second kappa shape index (κ2) is 8.32. The molecule has 2 atom stereocenters. The molecule has 182 valence electrons. The van der Waals surface area contributed by atoms with Crippen molar-refractivity contribution in [3.05, 3.63) is 76.7 Å². The van der Waals surface area contributed by atoms with Crippen LogP contribution in [0.5, 0.6) is 5.75 Å². The van der Waals surface area contributed by atoms with E-state index >= 15 is 0 Å². The van der Waals surface area contributed by atoms with E-state index in [1.807, 2.05) is 42.2 Å². The Morgan fingerprint density at radius 1 is 1.26 bits per heavy atom. The third-order valence-electron chi connectivity index (χ3n) is 7.83. The van der Waals surface area contributed by atoms with Crippen LogP contribution < -0.4 is 5.32 Å². The first-order valence-electron chi connectivity index (χ1n) is 12.5. The molecular weight excluding hydrogens is 460 g/mol. The number of aromatic nitrogens is 1. The Morgan fingerprint density at radius 3 is 2.86 bits per heavy atom. The van der Waals surface area contributed by atoms with E-state index < -0.39 is 5.54 Å². The van der Waals surface area contributed by atoms with Gasteiger partial charge in [0.15, 0.2) is 0 Å². The first-order chi connectivity index (χ1) is 16.9. The van der Waals surface area contributed by atoms with Gasteiger partial charge in [0.25, 0.3) is 5.91 Å². The van der Waals surface area contributed by atoms with Crippen molar-refractivity contribution in [1.29, 1.82) is 0 Å². The molecule has 35 heavy (non-hydrogen) atoms. The lowest BCUT2D eigenvalue weighted by Crippen LogP contribution is -2.52. The number of rotatable bonds is 7. The third-order valence-corrected chi connectivity index (χ3v) is 8.07. The Bertz CT molecular complexity index is 1330. The van der Waals surface area contributed by atoms with Crippen LogP contribution in [0.4, 0.5) is 0 Å². The topological polar surface area (TPSA) is 71.6 Å². The number of halogens is 1. The van der Waals surface area contributed by atoms with Crippen molar-refractivity contribution in [3.8, 4) is 5.75 Å². The highest BCUT2D eigenvalue weighted by molar-refractivity contribution is 6.31. The Balaban J connectivity index is 1.39. The number of aromatic amines is 1. The highest BCUT2D eigenvalue weighted by Gasteiger charge is 2.57. The van der Waals surface area contributed by atoms with Gasteiger partial charge >= 0.3 is 0 Å². The minimum Gasteiger partial charge on any atom is -0.508 e. The molecule has 0 radical (unpaired) electrons. The van der Waals surface area contributed by atoms with Gasteiger partial charge in [-0.3, -0.25) is 9.69 Å². The smallest absolute Gasteiger partial charge is 0.254 e. The summed E-state index contributed by atoms with van der Waals surface area (Å²) in [4.78, 5) is 21.6. The minimum atomic E-state index is -0.779. The summed E-state index contributed by atoms with van der Waals surface area (Å²) in [6, 6.07) is 12.9. The molecule has 3 aliphatic rings. The van der Waals surface area contributed by atoms with Crippen molar-refractivity contribution in [3.63, 3.8) is 0 Å². The van der Waals surface area contributed by atoms with Crippen LogP contribution in [0.15, 0.2) is 54.9 Å². The standard InChI is InChI=1S/C28H31ClN4O2/c1-17-32(12-4-11-30-16-18-7-8-18)27(35)28(2)15-23-22-14-20(29)9-10-24(22)31-25(23)26(33(17)28)19-5-3-6-21(34)13-19/h3,5-6,9-10,13-14,18,26,30-31,34H,1,4,7-8,11-12,15-16H2,2H3/t26-,28+/m1/s1. The Morgan fingerprint density at radius 2 is 2.09 bits per heavy atom. The molecule has 3 heterocycles. The number of carbonyl (C=O) groups is 1. The second-order valence-electron chi connectivity index (χ2n) is 10.4. The Labute approximate surface area is 210 Å². The van der Waals surface area contributed by atoms with Gasteiger partial charge in [0.05, 0.1) is 6.04 Å². The first kappa shape index (κ1) is 22.5. The highest BCUT2D eigenvalue weighted by atomic mass is 35.5. The number of benzene rings is 2. The van der Waals surface area contributed by atoms with Crippen molar-refractivity contribution >= 4 is 28.4 Å². The average Bonchev–Trinajstić information content (AvgIpc) is 3.56. The maximum atomic E-state index is 13.9. The molecule has 1 aromatic heterocycles. The van der Waals surface area contributed by atoms with Crippen LogP contribution >= 0.6 is 11.6 Å². The lowest BCUT2D eigenvalue weighted by Gasteiger charge is -2.44. The summed E-state index contributed by atoms with van der Waals surface area (Å²) in [7, 11) is 0. The molecule has 2 aliphatic heterocycles. The lowest BCUT2D eigenvalue weighted by molar-refractivity contribution is -0.133. The molecule has 7 heteroatoms. The van der Waals surface area contributed by atoms with E-state index in [0.717, 1.165) is 59.0 Å². The van der Waals surface area contributed by atoms with Crippen LogP contribution in [-0.2, 0) is 11.2 Å². The molecule has 6 rings (SSSR count). The van der Waals surface area contributed by atoms with Gasteiger partial charge in [0.1, 0.15) is 17.1 Å². The fraction of sp³-hybridized carbons (Fsp3) is 0.393. The molecule has 1 saturated heterocycles. The average molecular weight is 491 g/mol. The van der Waals surface area contributed by atoms with Crippen LogP contribution in [0.1, 0.15) is 49.0 Å². The maximum absolute atomic E-state index is 13.9. The van der Waals surface area contributed by atoms with Crippen LogP contribution in [0.3, 0.4) is 0 Å². The zero-order chi connectivity index (χ0) is 24.3. The number of nitrogens with zero attached hydrogens (tertiary/aromatic N) is 2. The number of nitrogens with one attached hydrogen (secondary N) is 2. The number of hydrogen-bond donors (Lipinski definition) is 3. The molecule has 2 aromatic carbocycles. The predicted octanol–water partition coefficient (Wildman–Crippen LogP) is 4.94. The van der Waals surface area contributed by atoms with Gasteiger partial charge < -0.3 is 20.3 Å². The van der Waals surface area contributed by atoms with Crippen molar-refractivity contribution in [1.82, 2.24) is 20.1 Å². The largest absolute Gasteiger partial charge is 0.508 e. The van der Waals surface area contributed by atoms with E-state index in [1.54, 1.807) is 12.1 Å². The molecular formula is C28H31ClN4O2. The van der Waals surface area contributed by atoms with Crippen molar-refractivity contribution in [2.24, 2.45) is 5.92 Å². The van der Waals surface area contributed by atoms with E-state index in [9.17, 15) is 9.90 Å². The molecule has 2 fully saturated rings. The van der Waals surface area contributed by atoms with Gasteiger partial charge in [-0.15, -0.1) is 0 Å². The van der Waals surface area contributed by atoms with E-state index in [2.05, 4.69) is 21.8 Å². The summed E-state index contributed by atoms with van der Waals surface area (Å²) in [6.07, 6.45) is 4.10. The molecule has 1 aliphatic carbocycles. The van der Waals surface area contributed by atoms with E-state index in [1.165, 1.54) is 12.8 Å². The Hall–Kier alpha value is -2.96. The molecule has 1 saturated carbocycles. The van der Waals surface area contributed by atoms with Gasteiger partial charge in [-0.25, -0.2) is 0 Å². The number of H-pyrrole nitrogens is 1. The van der Waals surface area contributed by atoms with E-state index in [0.29, 0.717) is 18.0 Å². The number of carbonyl (C=O) groups excluding carboxylic acids is 1. The van der Waals surface area contributed by atoms with E-state index in [-0.39, 0.29) is 17.7 Å². The second-order valence-corrected chi connectivity index (χ2v) is 10.8. The Kier molecular flexibility index (Phi) is 5.35. The minimum absolute atomic E-state index is 0.0804. The molecule has 3 N–H and O–H groups in total. The van der Waals surface area contributed by atoms with Crippen LogP contribution in [0.2, 0.25) is 5.02 Å². The predicted molar refractivity (Wildman–Crippen MR) is 138 cm³/mol. The molecule has 1 amide bonds. The molecule has 6 nitrogen and oxygen atoms in total. The van der Waals surface area contributed by atoms with Crippen LogP contribution in [0.25, 0.3) is 10.9 Å². The van der Waals surface area contributed by atoms with Gasteiger partial charge in [-0.2, -0.15) is 0 Å². The van der Waals surface area contributed by atoms with Crippen LogP contribution in [-0.4, -0.2) is 51.0 Å². The number of phenols is 1. The van der Waals surface area contributed by atoms with Crippen molar-refractivity contribution in [2.75, 3.05) is 19.6 Å². The van der Waals surface area contributed by atoms with Gasteiger partial charge in [0, 0.05) is 34.6 Å². The summed E-state index contributed by atoms with van der Waals surface area (Å²) < 4.78 is 0. The van der Waals surface area contributed by atoms with Crippen molar-refractivity contribution in [2.45, 2.75) is 44.2 Å². The summed E-state index contributed by atoms with van der Waals surface area (Å²) in [5, 5.41) is 15.5. The van der Waals surface area contributed by atoms with Gasteiger partial charge in [-0.05, 0) is 86.7 Å². The first-order valence-corrected chi connectivity index (χ1v) is 12.8. The fourth-order valence-electron chi connectivity index (χ4n) is 5.89. The number of hydrogen-bond acceptors (Lipinski definition) is 4. The van der Waals surface area contributed by atoms with Gasteiger partial charge in [0.2, 0.25) is 0 Å². The summed E-state index contributed by atoms with van der Waals surface area (Å²) in [6.45, 7) is 9.02. The SMILES string of the molecule is C=C1N(CCCNCC2CC2)C(=O)[C@]2(C)Cc3c([nH]c4ccc(Cl)cc34)[C@@H](c3cccc(O)c3)N12. The number of amides is 1. The quantitative estimate of drug-likeness (QED) is 0.410. The molecule has 0 unspecified atom stereocenters. The summed E-state index contributed by atoms with van der Waals surface area (Å²) in [5.41, 5.74) is 3.25. The number of phenolic OH excluding ortho intramolecular Hbond substituents is 1. The van der Waals surface area contributed by atoms with Crippen LogP contribution in [0, 0.1) is 5.92 Å². The summed E-state index contributed by atoms with van der Waals surface area (Å²) in [5.74, 6) is 1.84. The molecule has 3 aromatic rings. The zero-order valence-corrected chi connectivity index (χ0v) is 20.7. The third kappa shape index (κ3) is 3.71. The maximum Gasteiger partial charge on any atom is 0.254 e. The fourth-order valence-corrected chi connectivity index (χ4v) is 6.06. The number of fused-ring (bicyclic) bond motifs is 4. The van der Waals surface area contributed by atoms with E-state index in [4.69, 9.17) is 11.6 Å². The zero-order valence-electron chi connectivity index (χ0n) is 20.0. The number of aromatic hydroxyl groups is 1. The van der Waals surface area contributed by atoms with Crippen molar-refractivity contribution < 1.29 is 9.90 Å². The highest BCUT2D eigenvalue weighted by Crippen LogP contribution is 2.51. The van der Waals surface area contributed by atoms with Gasteiger partial charge in [-0.1, -0.05) is 30.3 Å². The monoisotopic (exact) mass is 490 g/mol. The summed E-state index contributed by atoms with van der Waals surface area (Å²) >= 11 is 6.37. The lowest BCUT2D eigenvalue weighted by atomic mass is 9.81.